The molecule has 38 heavy (non-hydrogen) atoms. The Hall–Kier alpha value is -3.76. The zero-order chi connectivity index (χ0) is 26.4. The molecule has 0 N–H and O–H groups in total. The van der Waals surface area contributed by atoms with E-state index in [1.54, 1.807) is 29.8 Å². The molecule has 1 aromatic carbocycles. The molecule has 0 bridgehead atoms. The van der Waals surface area contributed by atoms with Crippen molar-refractivity contribution in [3.63, 3.8) is 0 Å². The first-order chi connectivity index (χ1) is 18.4. The summed E-state index contributed by atoms with van der Waals surface area (Å²) < 4.78 is 17.3. The minimum absolute atomic E-state index is 0.124. The molecule has 1 aliphatic carbocycles. The number of tetrazole rings is 1. The van der Waals surface area contributed by atoms with Crippen LogP contribution in [0.4, 0.5) is 4.39 Å². The van der Waals surface area contributed by atoms with Crippen molar-refractivity contribution in [2.45, 2.75) is 38.5 Å². The van der Waals surface area contributed by atoms with Gasteiger partial charge >= 0.3 is 0 Å². The number of hydrogen-bond donors (Lipinski definition) is 0. The Morgan fingerprint density at radius 1 is 1.29 bits per heavy atom. The van der Waals surface area contributed by atoms with E-state index in [-0.39, 0.29) is 16.6 Å². The summed E-state index contributed by atoms with van der Waals surface area (Å²) in [4.78, 5) is 16.5. The van der Waals surface area contributed by atoms with Crippen LogP contribution in [-0.4, -0.2) is 31.7 Å². The highest BCUT2D eigenvalue weighted by atomic mass is 35.5. The number of rotatable bonds is 8. The third-order valence-electron chi connectivity index (χ3n) is 6.99. The van der Waals surface area contributed by atoms with Crippen LogP contribution in [-0.2, 0) is 0 Å². The monoisotopic (exact) mass is 548 g/mol. The Kier molecular flexibility index (Phi) is 6.37. The zero-order valence-corrected chi connectivity index (χ0v) is 21.9. The number of nitrogens with zero attached hydrogens (tertiary/aromatic N) is 6. The van der Waals surface area contributed by atoms with Crippen LogP contribution in [0.5, 0.6) is 0 Å². The molecule has 1 atom stereocenters. The van der Waals surface area contributed by atoms with Gasteiger partial charge in [0.1, 0.15) is 11.2 Å². The Morgan fingerprint density at radius 3 is 2.82 bits per heavy atom. The predicted octanol–water partition coefficient (Wildman–Crippen LogP) is 5.79. The van der Waals surface area contributed by atoms with E-state index in [4.69, 9.17) is 11.6 Å². The maximum absolute atomic E-state index is 14.9. The van der Waals surface area contributed by atoms with Gasteiger partial charge in [-0.05, 0) is 52.6 Å². The molecule has 8 nitrogen and oxygen atoms in total. The number of aromatic nitrogens is 5. The van der Waals surface area contributed by atoms with Crippen LogP contribution in [0, 0.1) is 16.9 Å². The molecule has 0 saturated heterocycles. The Morgan fingerprint density at radius 2 is 2.13 bits per heavy atom. The number of carbonyl (C=O) groups is 1. The van der Waals surface area contributed by atoms with Crippen LogP contribution in [0.25, 0.3) is 22.4 Å². The molecule has 1 aliphatic heterocycles. The molecule has 192 valence electrons. The van der Waals surface area contributed by atoms with E-state index >= 15 is 0 Å². The summed E-state index contributed by atoms with van der Waals surface area (Å²) in [5, 5.41) is 27.0. The molecule has 2 aliphatic rings. The number of hydrogen-bond acceptors (Lipinski definition) is 7. The summed E-state index contributed by atoms with van der Waals surface area (Å²) in [5.74, 6) is -0.448. The number of carbonyl (C=O) groups excluding carboxylic acids is 1. The summed E-state index contributed by atoms with van der Waals surface area (Å²) in [6, 6.07) is 9.04. The molecule has 4 aromatic rings. The fourth-order valence-electron chi connectivity index (χ4n) is 4.87. The van der Waals surface area contributed by atoms with Crippen molar-refractivity contribution in [3.05, 3.63) is 86.6 Å². The molecule has 3 aromatic heterocycles. The second kappa shape index (κ2) is 9.85. The molecular formula is C27H22ClFN6O2S. The molecule has 6 rings (SSSR count). The summed E-state index contributed by atoms with van der Waals surface area (Å²) in [7, 11) is 0. The van der Waals surface area contributed by atoms with Gasteiger partial charge in [0.25, 0.3) is 0 Å². The fourth-order valence-corrected chi connectivity index (χ4v) is 5.91. The first kappa shape index (κ1) is 24.6. The highest BCUT2D eigenvalue weighted by Crippen LogP contribution is 2.42. The van der Waals surface area contributed by atoms with E-state index in [1.807, 2.05) is 12.1 Å². The average Bonchev–Trinajstić information content (AvgIpc) is 3.27. The van der Waals surface area contributed by atoms with Crippen LogP contribution in [0.15, 0.2) is 59.4 Å². The minimum Gasteiger partial charge on any atom is -0.618 e. The molecule has 0 radical (unpaired) electrons. The molecule has 0 amide bonds. The van der Waals surface area contributed by atoms with Gasteiger partial charge in [-0.2, -0.15) is 9.41 Å². The number of halogens is 2. The highest BCUT2D eigenvalue weighted by Gasteiger charge is 2.35. The number of Topliss-reactive ketones (excluding diaryl/α,β-unsaturated/α-hetero) is 1. The van der Waals surface area contributed by atoms with Crippen molar-refractivity contribution >= 4 is 40.0 Å². The van der Waals surface area contributed by atoms with Gasteiger partial charge in [-0.15, -0.1) is 16.4 Å². The van der Waals surface area contributed by atoms with Gasteiger partial charge in [0.05, 0.1) is 11.6 Å². The molecular weight excluding hydrogens is 527 g/mol. The largest absolute Gasteiger partial charge is 0.618 e. The number of ketones is 1. The Balaban J connectivity index is 1.31. The topological polar surface area (TPSA) is 100.0 Å². The van der Waals surface area contributed by atoms with Gasteiger partial charge in [-0.25, -0.2) is 4.39 Å². The van der Waals surface area contributed by atoms with Crippen LogP contribution in [0.1, 0.15) is 59.5 Å². The maximum atomic E-state index is 14.9. The van der Waals surface area contributed by atoms with Gasteiger partial charge in [0.2, 0.25) is 5.69 Å². The van der Waals surface area contributed by atoms with E-state index in [1.165, 1.54) is 24.1 Å². The van der Waals surface area contributed by atoms with Crippen LogP contribution in [0.3, 0.4) is 0 Å². The van der Waals surface area contributed by atoms with Crippen molar-refractivity contribution in [2.75, 3.05) is 0 Å². The quantitative estimate of drug-likeness (QED) is 0.158. The number of pyridine rings is 1. The number of aliphatic imine (C=N–C) groups is 1. The van der Waals surface area contributed by atoms with Gasteiger partial charge in [-0.1, -0.05) is 24.4 Å². The van der Waals surface area contributed by atoms with Gasteiger partial charge < -0.3 is 5.21 Å². The first-order valence-electron chi connectivity index (χ1n) is 12.2. The van der Waals surface area contributed by atoms with E-state index in [0.717, 1.165) is 52.2 Å². The van der Waals surface area contributed by atoms with Crippen LogP contribution < -0.4 is 4.73 Å². The first-order valence-corrected chi connectivity index (χ1v) is 13.4. The number of thiophene rings is 1. The lowest BCUT2D eigenvalue weighted by Crippen LogP contribution is -2.35. The van der Waals surface area contributed by atoms with Crippen LogP contribution in [0.2, 0.25) is 5.02 Å². The minimum atomic E-state index is -0.493. The predicted molar refractivity (Wildman–Crippen MR) is 143 cm³/mol. The lowest BCUT2D eigenvalue weighted by molar-refractivity contribution is -0.614. The van der Waals surface area contributed by atoms with Crippen molar-refractivity contribution in [3.8, 4) is 16.8 Å². The molecule has 4 heterocycles. The standard InChI is InChI=1S/C27H22ClFN6O2S/c1-15(36)27-26(29)22(13-38-27)18-9-23(30-11-18)21(8-16-2-3-16)25-6-4-17(12-35(25)37)20-10-19(28)5-7-24(20)34-14-31-32-33-34/h4-7,10-14,16,21H,2-3,8-9H2,1H3. The lowest BCUT2D eigenvalue weighted by atomic mass is 9.88. The number of allylic oxidation sites excluding steroid dienone is 1. The van der Waals surface area contributed by atoms with Gasteiger partial charge in [0.15, 0.2) is 17.8 Å². The fraction of sp³-hybridized carbons (Fsp3) is 0.259. The van der Waals surface area contributed by atoms with Crippen molar-refractivity contribution in [1.82, 2.24) is 20.2 Å². The Bertz CT molecular complexity index is 1610. The summed E-state index contributed by atoms with van der Waals surface area (Å²) in [6.07, 6.45) is 8.17. The lowest BCUT2D eigenvalue weighted by Gasteiger charge is -2.18. The Labute approximate surface area is 226 Å². The van der Waals surface area contributed by atoms with Crippen LogP contribution >= 0.6 is 22.9 Å². The van der Waals surface area contributed by atoms with E-state index in [9.17, 15) is 14.4 Å². The molecule has 1 saturated carbocycles. The highest BCUT2D eigenvalue weighted by molar-refractivity contribution is 7.12. The van der Waals surface area contributed by atoms with Gasteiger partial charge in [0, 0.05) is 58.4 Å². The molecule has 0 spiro atoms. The van der Waals surface area contributed by atoms with Gasteiger partial charge in [-0.3, -0.25) is 9.79 Å². The van der Waals surface area contributed by atoms with E-state index in [2.05, 4.69) is 20.5 Å². The third-order valence-corrected chi connectivity index (χ3v) is 8.28. The van der Waals surface area contributed by atoms with E-state index < -0.39 is 5.82 Å². The summed E-state index contributed by atoms with van der Waals surface area (Å²) in [6.45, 7) is 1.36. The second-order valence-corrected chi connectivity index (χ2v) is 10.9. The normalized spacial score (nSPS) is 15.9. The van der Waals surface area contributed by atoms with Crippen molar-refractivity contribution in [2.24, 2.45) is 10.9 Å². The molecule has 1 fully saturated rings. The third kappa shape index (κ3) is 4.65. The average molecular weight is 549 g/mol. The molecule has 1 unspecified atom stereocenters. The second-order valence-electron chi connectivity index (χ2n) is 9.62. The van der Waals surface area contributed by atoms with Crippen molar-refractivity contribution < 1.29 is 13.9 Å². The zero-order valence-electron chi connectivity index (χ0n) is 20.3. The number of benzene rings is 1. The SMILES string of the molecule is CC(=O)c1scc(C2=CN=C(C(CC3CC3)c3ccc(-c4cc(Cl)ccc4-n4cnnn4)c[n+]3[O-])C2)c1F. The summed E-state index contributed by atoms with van der Waals surface area (Å²) >= 11 is 7.39. The van der Waals surface area contributed by atoms with Crippen molar-refractivity contribution in [1.29, 1.82) is 0 Å². The maximum Gasteiger partial charge on any atom is 0.201 e. The smallest absolute Gasteiger partial charge is 0.201 e. The van der Waals surface area contributed by atoms with E-state index in [0.29, 0.717) is 39.9 Å². The summed E-state index contributed by atoms with van der Waals surface area (Å²) in [5.41, 5.74) is 4.64. The molecule has 11 heteroatoms.